The summed E-state index contributed by atoms with van der Waals surface area (Å²) in [6, 6.07) is 0. The molecular weight excluding hydrogens is 200 g/mol. The molecule has 2 rings (SSSR count). The number of carbonyl (C=O) groups excluding carboxylic acids is 1. The van der Waals surface area contributed by atoms with Crippen molar-refractivity contribution in [3.63, 3.8) is 0 Å². The third-order valence-corrected chi connectivity index (χ3v) is 4.04. The maximum Gasteiger partial charge on any atom is 0.225 e. The minimum atomic E-state index is 0.307. The fourth-order valence-corrected chi connectivity index (χ4v) is 2.90. The number of carbonyl (C=O) groups is 1. The van der Waals surface area contributed by atoms with Crippen LogP contribution in [0.2, 0.25) is 0 Å². The number of likely N-dealkylation sites (tertiary alicyclic amines) is 2. The van der Waals surface area contributed by atoms with Gasteiger partial charge in [-0.15, -0.1) is 0 Å². The van der Waals surface area contributed by atoms with E-state index in [4.69, 9.17) is 0 Å². The molecule has 0 aromatic rings. The molecule has 0 N–H and O–H groups in total. The normalized spacial score (nSPS) is 29.4. The summed E-state index contributed by atoms with van der Waals surface area (Å²) < 4.78 is 0. The van der Waals surface area contributed by atoms with Gasteiger partial charge in [0.1, 0.15) is 0 Å². The van der Waals surface area contributed by atoms with Crippen LogP contribution in [0.15, 0.2) is 0 Å². The highest BCUT2D eigenvalue weighted by atomic mass is 16.2. The summed E-state index contributed by atoms with van der Waals surface area (Å²) in [4.78, 5) is 16.8. The third kappa shape index (κ3) is 2.76. The standard InChI is InChI=1S/C13H24N2O/c1-11-4-3-7-15(10-11)13(16)12-5-8-14(2)9-6-12/h11-12H,3-10H2,1-2H3. The first-order chi connectivity index (χ1) is 7.66. The van der Waals surface area contributed by atoms with Gasteiger partial charge < -0.3 is 9.80 Å². The molecule has 2 heterocycles. The summed E-state index contributed by atoms with van der Waals surface area (Å²) in [6.45, 7) is 6.41. The zero-order valence-corrected chi connectivity index (χ0v) is 10.6. The highest BCUT2D eigenvalue weighted by Crippen LogP contribution is 2.22. The average Bonchev–Trinajstić information content (AvgIpc) is 2.29. The summed E-state index contributed by atoms with van der Waals surface area (Å²) in [5.74, 6) is 1.44. The first-order valence-electron chi connectivity index (χ1n) is 6.64. The Bertz CT molecular complexity index is 246. The molecule has 0 bridgehead atoms. The van der Waals surface area contributed by atoms with Crippen LogP contribution in [0.5, 0.6) is 0 Å². The molecule has 0 saturated carbocycles. The van der Waals surface area contributed by atoms with Crippen LogP contribution in [0.4, 0.5) is 0 Å². The van der Waals surface area contributed by atoms with E-state index < -0.39 is 0 Å². The van der Waals surface area contributed by atoms with Gasteiger partial charge in [0.2, 0.25) is 5.91 Å². The van der Waals surface area contributed by atoms with Crippen LogP contribution in [0.1, 0.15) is 32.6 Å². The Hall–Kier alpha value is -0.570. The van der Waals surface area contributed by atoms with E-state index in [0.29, 0.717) is 17.7 Å². The summed E-state index contributed by atoms with van der Waals surface area (Å²) in [5.41, 5.74) is 0. The predicted octanol–water partition coefficient (Wildman–Crippen LogP) is 1.59. The Morgan fingerprint density at radius 1 is 1.12 bits per heavy atom. The Labute approximate surface area is 98.8 Å². The number of hydrogen-bond donors (Lipinski definition) is 0. The van der Waals surface area contributed by atoms with Crippen LogP contribution in [0, 0.1) is 11.8 Å². The largest absolute Gasteiger partial charge is 0.342 e. The second-order valence-electron chi connectivity index (χ2n) is 5.61. The van der Waals surface area contributed by atoms with Gasteiger partial charge in [-0.3, -0.25) is 4.79 Å². The van der Waals surface area contributed by atoms with Gasteiger partial charge in [-0.05, 0) is 51.7 Å². The second-order valence-corrected chi connectivity index (χ2v) is 5.61. The Morgan fingerprint density at radius 2 is 1.81 bits per heavy atom. The SMILES string of the molecule is CC1CCCN(C(=O)C2CCN(C)CC2)C1. The van der Waals surface area contributed by atoms with Gasteiger partial charge in [0, 0.05) is 19.0 Å². The molecule has 2 saturated heterocycles. The molecule has 0 aliphatic carbocycles. The minimum Gasteiger partial charge on any atom is -0.342 e. The molecule has 0 spiro atoms. The average molecular weight is 224 g/mol. The van der Waals surface area contributed by atoms with Crippen molar-refractivity contribution in [3.8, 4) is 0 Å². The summed E-state index contributed by atoms with van der Waals surface area (Å²) in [7, 11) is 2.14. The molecule has 1 unspecified atom stereocenters. The molecule has 0 radical (unpaired) electrons. The van der Waals surface area contributed by atoms with Crippen LogP contribution < -0.4 is 0 Å². The predicted molar refractivity (Wildman–Crippen MR) is 65.2 cm³/mol. The van der Waals surface area contributed by atoms with E-state index >= 15 is 0 Å². The summed E-state index contributed by atoms with van der Waals surface area (Å²) in [5, 5.41) is 0. The Balaban J connectivity index is 1.86. The van der Waals surface area contributed by atoms with Crippen molar-refractivity contribution in [2.45, 2.75) is 32.6 Å². The Kier molecular flexibility index (Phi) is 3.85. The van der Waals surface area contributed by atoms with Crippen LogP contribution >= 0.6 is 0 Å². The molecular formula is C13H24N2O. The monoisotopic (exact) mass is 224 g/mol. The van der Waals surface area contributed by atoms with E-state index in [1.165, 1.54) is 12.8 Å². The highest BCUT2D eigenvalue weighted by Gasteiger charge is 2.29. The third-order valence-electron chi connectivity index (χ3n) is 4.04. The van der Waals surface area contributed by atoms with Crippen molar-refractivity contribution in [3.05, 3.63) is 0 Å². The number of rotatable bonds is 1. The lowest BCUT2D eigenvalue weighted by Gasteiger charge is -2.36. The maximum absolute atomic E-state index is 12.3. The van der Waals surface area contributed by atoms with E-state index in [1.54, 1.807) is 0 Å². The number of hydrogen-bond acceptors (Lipinski definition) is 2. The van der Waals surface area contributed by atoms with Gasteiger partial charge in [-0.25, -0.2) is 0 Å². The zero-order chi connectivity index (χ0) is 11.5. The fourth-order valence-electron chi connectivity index (χ4n) is 2.90. The molecule has 0 aromatic heterocycles. The van der Waals surface area contributed by atoms with Crippen molar-refractivity contribution in [1.29, 1.82) is 0 Å². The lowest BCUT2D eigenvalue weighted by molar-refractivity contribution is -0.138. The molecule has 3 heteroatoms. The van der Waals surface area contributed by atoms with E-state index in [1.807, 2.05) is 0 Å². The van der Waals surface area contributed by atoms with Crippen LogP contribution in [0.25, 0.3) is 0 Å². The van der Waals surface area contributed by atoms with Gasteiger partial charge >= 0.3 is 0 Å². The van der Waals surface area contributed by atoms with E-state index in [2.05, 4.69) is 23.8 Å². The van der Waals surface area contributed by atoms with Crippen LogP contribution in [0.3, 0.4) is 0 Å². The molecule has 2 aliphatic heterocycles. The van der Waals surface area contributed by atoms with Gasteiger partial charge in [0.15, 0.2) is 0 Å². The maximum atomic E-state index is 12.3. The molecule has 0 aromatic carbocycles. The van der Waals surface area contributed by atoms with E-state index in [-0.39, 0.29) is 0 Å². The quantitative estimate of drug-likeness (QED) is 0.675. The smallest absolute Gasteiger partial charge is 0.225 e. The van der Waals surface area contributed by atoms with Crippen molar-refractivity contribution in [2.75, 3.05) is 33.2 Å². The molecule has 92 valence electrons. The second kappa shape index (κ2) is 5.17. The molecule has 16 heavy (non-hydrogen) atoms. The summed E-state index contributed by atoms with van der Waals surface area (Å²) >= 11 is 0. The van der Waals surface area contributed by atoms with Crippen molar-refractivity contribution in [1.82, 2.24) is 9.80 Å². The Morgan fingerprint density at radius 3 is 2.44 bits per heavy atom. The number of nitrogens with zero attached hydrogens (tertiary/aromatic N) is 2. The number of amides is 1. The molecule has 2 aliphatic rings. The van der Waals surface area contributed by atoms with Gasteiger partial charge in [0.25, 0.3) is 0 Å². The molecule has 2 fully saturated rings. The van der Waals surface area contributed by atoms with Gasteiger partial charge in [-0.2, -0.15) is 0 Å². The van der Waals surface area contributed by atoms with Crippen molar-refractivity contribution in [2.24, 2.45) is 11.8 Å². The van der Waals surface area contributed by atoms with Crippen LogP contribution in [-0.4, -0.2) is 48.9 Å². The molecule has 1 amide bonds. The minimum absolute atomic E-state index is 0.307. The highest BCUT2D eigenvalue weighted by molar-refractivity contribution is 5.79. The van der Waals surface area contributed by atoms with E-state index in [9.17, 15) is 4.79 Å². The molecule has 3 nitrogen and oxygen atoms in total. The lowest BCUT2D eigenvalue weighted by atomic mass is 9.93. The van der Waals surface area contributed by atoms with Crippen LogP contribution in [-0.2, 0) is 4.79 Å². The van der Waals surface area contributed by atoms with Gasteiger partial charge in [0.05, 0.1) is 0 Å². The van der Waals surface area contributed by atoms with E-state index in [0.717, 1.165) is 39.0 Å². The number of piperidine rings is 2. The fraction of sp³-hybridized carbons (Fsp3) is 0.923. The topological polar surface area (TPSA) is 23.6 Å². The molecule has 1 atom stereocenters. The summed E-state index contributed by atoms with van der Waals surface area (Å²) in [6.07, 6.45) is 4.59. The zero-order valence-electron chi connectivity index (χ0n) is 10.6. The lowest BCUT2D eigenvalue weighted by Crippen LogP contribution is -2.45. The van der Waals surface area contributed by atoms with Crippen molar-refractivity contribution < 1.29 is 4.79 Å². The first-order valence-corrected chi connectivity index (χ1v) is 6.64. The van der Waals surface area contributed by atoms with Gasteiger partial charge in [-0.1, -0.05) is 6.92 Å². The first kappa shape index (κ1) is 11.9. The van der Waals surface area contributed by atoms with Crippen molar-refractivity contribution >= 4 is 5.91 Å².